The molecule has 3 fully saturated rings. The van der Waals surface area contributed by atoms with Crippen LogP contribution < -0.4 is 5.32 Å². The minimum absolute atomic E-state index is 0. The largest absolute Gasteiger partial charge is 0.376 e. The van der Waals surface area contributed by atoms with Crippen LogP contribution >= 0.6 is 24.0 Å². The normalized spacial score (nSPS) is 25.4. The molecule has 0 amide bonds. The van der Waals surface area contributed by atoms with Gasteiger partial charge in [-0.3, -0.25) is 4.99 Å². The quantitative estimate of drug-likeness (QED) is 0.255. The van der Waals surface area contributed by atoms with Crippen LogP contribution in [0.25, 0.3) is 0 Å². The lowest BCUT2D eigenvalue weighted by Crippen LogP contribution is -2.47. The van der Waals surface area contributed by atoms with Gasteiger partial charge in [0, 0.05) is 33.3 Å². The molecule has 27 heavy (non-hydrogen) atoms. The molecule has 3 aliphatic rings. The molecule has 0 spiro atoms. The van der Waals surface area contributed by atoms with Crippen molar-refractivity contribution in [2.75, 3.05) is 59.5 Å². The summed E-state index contributed by atoms with van der Waals surface area (Å²) in [7, 11) is 1.89. The van der Waals surface area contributed by atoms with Gasteiger partial charge in [-0.2, -0.15) is 0 Å². The first-order valence-electron chi connectivity index (χ1n) is 10.8. The van der Waals surface area contributed by atoms with Crippen LogP contribution in [0.4, 0.5) is 0 Å². The third-order valence-electron chi connectivity index (χ3n) is 5.88. The van der Waals surface area contributed by atoms with E-state index in [4.69, 9.17) is 9.47 Å². The fourth-order valence-corrected chi connectivity index (χ4v) is 4.26. The molecule has 0 aromatic carbocycles. The molecule has 0 aliphatic carbocycles. The van der Waals surface area contributed by atoms with Gasteiger partial charge in [0.05, 0.1) is 18.8 Å². The number of nitrogens with zero attached hydrogens (tertiary/aromatic N) is 3. The Morgan fingerprint density at radius 3 is 2.52 bits per heavy atom. The molecule has 158 valence electrons. The zero-order valence-electron chi connectivity index (χ0n) is 17.0. The van der Waals surface area contributed by atoms with Crippen molar-refractivity contribution in [1.29, 1.82) is 0 Å². The number of hydrogen-bond acceptors (Lipinski definition) is 4. The van der Waals surface area contributed by atoms with Crippen LogP contribution in [0, 0.1) is 0 Å². The lowest BCUT2D eigenvalue weighted by molar-refractivity contribution is -0.0721. The zero-order valence-corrected chi connectivity index (χ0v) is 19.4. The van der Waals surface area contributed by atoms with Crippen molar-refractivity contribution in [3.05, 3.63) is 0 Å². The maximum Gasteiger partial charge on any atom is 0.193 e. The van der Waals surface area contributed by atoms with Crippen molar-refractivity contribution in [1.82, 2.24) is 15.1 Å². The van der Waals surface area contributed by atoms with Crippen molar-refractivity contribution in [3.63, 3.8) is 0 Å². The molecule has 0 saturated carbocycles. The molecular weight excluding hydrogens is 455 g/mol. The van der Waals surface area contributed by atoms with Crippen LogP contribution in [0.3, 0.4) is 0 Å². The summed E-state index contributed by atoms with van der Waals surface area (Å²) in [5.41, 5.74) is 0. The van der Waals surface area contributed by atoms with Crippen LogP contribution in [0.5, 0.6) is 0 Å². The van der Waals surface area contributed by atoms with Crippen LogP contribution in [-0.4, -0.2) is 87.5 Å². The number of ether oxygens (including phenoxy) is 2. The monoisotopic (exact) mass is 494 g/mol. The molecular formula is C20H39IN4O2. The van der Waals surface area contributed by atoms with E-state index < -0.39 is 0 Å². The van der Waals surface area contributed by atoms with Gasteiger partial charge in [-0.05, 0) is 71.0 Å². The lowest BCUT2D eigenvalue weighted by Gasteiger charge is -2.35. The maximum atomic E-state index is 6.12. The summed E-state index contributed by atoms with van der Waals surface area (Å²) in [4.78, 5) is 9.44. The predicted molar refractivity (Wildman–Crippen MR) is 121 cm³/mol. The summed E-state index contributed by atoms with van der Waals surface area (Å²) >= 11 is 0. The van der Waals surface area contributed by atoms with E-state index in [2.05, 4.69) is 20.1 Å². The second-order valence-electron chi connectivity index (χ2n) is 7.88. The first kappa shape index (κ1) is 23.2. The van der Waals surface area contributed by atoms with Crippen molar-refractivity contribution < 1.29 is 9.47 Å². The summed E-state index contributed by atoms with van der Waals surface area (Å²) in [6.07, 6.45) is 10.5. The van der Waals surface area contributed by atoms with E-state index in [1.54, 1.807) is 0 Å². The highest BCUT2D eigenvalue weighted by Crippen LogP contribution is 2.18. The van der Waals surface area contributed by atoms with Gasteiger partial charge in [0.2, 0.25) is 0 Å². The molecule has 1 N–H and O–H groups in total. The molecule has 6 nitrogen and oxygen atoms in total. The Morgan fingerprint density at radius 2 is 1.85 bits per heavy atom. The minimum Gasteiger partial charge on any atom is -0.376 e. The highest BCUT2D eigenvalue weighted by Gasteiger charge is 2.23. The topological polar surface area (TPSA) is 49.3 Å². The number of aliphatic imine (C=N–C) groups is 1. The van der Waals surface area contributed by atoms with Crippen molar-refractivity contribution in [2.24, 2.45) is 4.99 Å². The SMILES string of the molecule is CN=C(NCCCN1CCCC1)N1CCC(OCC2CCCCO2)CC1.I. The molecule has 3 heterocycles. The number of piperidine rings is 1. The fourth-order valence-electron chi connectivity index (χ4n) is 4.26. The van der Waals surface area contributed by atoms with Crippen molar-refractivity contribution >= 4 is 29.9 Å². The summed E-state index contributed by atoms with van der Waals surface area (Å²) < 4.78 is 11.9. The average Bonchev–Trinajstić information content (AvgIpc) is 3.21. The van der Waals surface area contributed by atoms with Gasteiger partial charge in [0.25, 0.3) is 0 Å². The molecule has 7 heteroatoms. The van der Waals surface area contributed by atoms with E-state index in [0.29, 0.717) is 12.2 Å². The Bertz CT molecular complexity index is 418. The molecule has 3 aliphatic heterocycles. The Morgan fingerprint density at radius 1 is 1.07 bits per heavy atom. The second kappa shape index (κ2) is 13.2. The average molecular weight is 494 g/mol. The van der Waals surface area contributed by atoms with Gasteiger partial charge in [0.15, 0.2) is 5.96 Å². The highest BCUT2D eigenvalue weighted by molar-refractivity contribution is 14.0. The zero-order chi connectivity index (χ0) is 18.0. The molecule has 3 rings (SSSR count). The van der Waals surface area contributed by atoms with E-state index in [0.717, 1.165) is 58.1 Å². The van der Waals surface area contributed by atoms with Gasteiger partial charge in [-0.25, -0.2) is 0 Å². The third-order valence-corrected chi connectivity index (χ3v) is 5.88. The lowest BCUT2D eigenvalue weighted by atomic mass is 10.1. The number of hydrogen-bond donors (Lipinski definition) is 1. The number of nitrogens with one attached hydrogen (secondary N) is 1. The second-order valence-corrected chi connectivity index (χ2v) is 7.88. The highest BCUT2D eigenvalue weighted by atomic mass is 127. The summed E-state index contributed by atoms with van der Waals surface area (Å²) in [5.74, 6) is 1.06. The molecule has 0 aromatic heterocycles. The van der Waals surface area contributed by atoms with Crippen LogP contribution in [-0.2, 0) is 9.47 Å². The molecule has 0 bridgehead atoms. The molecule has 1 unspecified atom stereocenters. The van der Waals surface area contributed by atoms with Crippen molar-refractivity contribution in [3.8, 4) is 0 Å². The Labute approximate surface area is 182 Å². The Hall–Kier alpha value is -0.120. The molecule has 3 saturated heterocycles. The first-order chi connectivity index (χ1) is 12.8. The first-order valence-corrected chi connectivity index (χ1v) is 10.8. The standard InChI is InChI=1S/C20H38N4O2.HI/c1-21-20(22-10-6-13-23-11-3-4-12-23)24-14-8-18(9-15-24)26-17-19-7-2-5-16-25-19;/h18-19H,2-17H2,1H3,(H,21,22);1H. The minimum atomic E-state index is 0. The molecule has 1 atom stereocenters. The number of halogens is 1. The van der Waals surface area contributed by atoms with Gasteiger partial charge in [0.1, 0.15) is 0 Å². The van der Waals surface area contributed by atoms with E-state index in [-0.39, 0.29) is 24.0 Å². The molecule has 0 aromatic rings. The van der Waals surface area contributed by atoms with Crippen LogP contribution in [0.15, 0.2) is 4.99 Å². The van der Waals surface area contributed by atoms with Gasteiger partial charge in [-0.1, -0.05) is 0 Å². The predicted octanol–water partition coefficient (Wildman–Crippen LogP) is 2.72. The van der Waals surface area contributed by atoms with E-state index in [1.807, 2.05) is 7.05 Å². The Kier molecular flexibility index (Phi) is 11.3. The maximum absolute atomic E-state index is 6.12. The fraction of sp³-hybridized carbons (Fsp3) is 0.950. The number of guanidine groups is 1. The van der Waals surface area contributed by atoms with Gasteiger partial charge in [-0.15, -0.1) is 24.0 Å². The van der Waals surface area contributed by atoms with E-state index >= 15 is 0 Å². The van der Waals surface area contributed by atoms with E-state index in [1.165, 1.54) is 51.7 Å². The number of likely N-dealkylation sites (tertiary alicyclic amines) is 2. The summed E-state index contributed by atoms with van der Waals surface area (Å²) in [6.45, 7) is 8.54. The third kappa shape index (κ3) is 8.03. The van der Waals surface area contributed by atoms with Gasteiger partial charge < -0.3 is 24.6 Å². The van der Waals surface area contributed by atoms with Crippen LogP contribution in [0.2, 0.25) is 0 Å². The Balaban J connectivity index is 0.00000261. The summed E-state index contributed by atoms with van der Waals surface area (Å²) in [6, 6.07) is 0. The smallest absolute Gasteiger partial charge is 0.193 e. The van der Waals surface area contributed by atoms with Crippen LogP contribution in [0.1, 0.15) is 51.4 Å². The van der Waals surface area contributed by atoms with Gasteiger partial charge >= 0.3 is 0 Å². The number of rotatable bonds is 7. The summed E-state index contributed by atoms with van der Waals surface area (Å²) in [5, 5.41) is 3.55. The molecule has 0 radical (unpaired) electrons. The van der Waals surface area contributed by atoms with Crippen molar-refractivity contribution in [2.45, 2.75) is 63.6 Å². The van der Waals surface area contributed by atoms with E-state index in [9.17, 15) is 0 Å².